The Kier molecular flexibility index (Phi) is 2.98. The third kappa shape index (κ3) is 2.91. The van der Waals surface area contributed by atoms with Crippen molar-refractivity contribution >= 4 is 5.91 Å². The maximum Gasteiger partial charge on any atom is 0.217 e. The Labute approximate surface area is 76.2 Å². The summed E-state index contributed by atoms with van der Waals surface area (Å²) in [5.41, 5.74) is 1.05. The normalized spacial score (nSPS) is 8.92. The minimum Gasteiger partial charge on any atom is -0.351 e. The largest absolute Gasteiger partial charge is 0.351 e. The van der Waals surface area contributed by atoms with Gasteiger partial charge in [0.2, 0.25) is 5.91 Å². The van der Waals surface area contributed by atoms with Crippen molar-refractivity contribution in [1.82, 2.24) is 10.3 Å². The smallest absolute Gasteiger partial charge is 0.217 e. The molecule has 4 heteroatoms. The Bertz CT molecular complexity index is 354. The van der Waals surface area contributed by atoms with Gasteiger partial charge in [-0.2, -0.15) is 5.26 Å². The molecule has 66 valence electrons. The van der Waals surface area contributed by atoms with Crippen LogP contribution in [0.15, 0.2) is 18.2 Å². The fourth-order valence-corrected chi connectivity index (χ4v) is 0.855. The van der Waals surface area contributed by atoms with E-state index in [9.17, 15) is 4.79 Å². The van der Waals surface area contributed by atoms with E-state index in [1.807, 2.05) is 6.07 Å². The topological polar surface area (TPSA) is 65.8 Å². The van der Waals surface area contributed by atoms with Crippen LogP contribution < -0.4 is 5.32 Å². The number of nitriles is 1. The van der Waals surface area contributed by atoms with E-state index in [0.29, 0.717) is 17.9 Å². The number of hydrogen-bond acceptors (Lipinski definition) is 3. The van der Waals surface area contributed by atoms with Gasteiger partial charge in [-0.25, -0.2) is 4.98 Å². The van der Waals surface area contributed by atoms with E-state index < -0.39 is 0 Å². The van der Waals surface area contributed by atoms with Gasteiger partial charge in [-0.1, -0.05) is 6.07 Å². The number of nitrogens with one attached hydrogen (secondary N) is 1. The van der Waals surface area contributed by atoms with Crippen LogP contribution in [0.4, 0.5) is 0 Å². The number of hydrogen-bond donors (Lipinski definition) is 1. The molecule has 13 heavy (non-hydrogen) atoms. The molecular formula is C9H9N3O. The molecule has 1 aromatic heterocycles. The maximum absolute atomic E-state index is 10.6. The Morgan fingerprint density at radius 1 is 1.69 bits per heavy atom. The summed E-state index contributed by atoms with van der Waals surface area (Å²) in [5.74, 6) is -0.107. The van der Waals surface area contributed by atoms with Crippen molar-refractivity contribution in [1.29, 1.82) is 5.26 Å². The lowest BCUT2D eigenvalue weighted by Crippen LogP contribution is -2.19. The third-order valence-electron chi connectivity index (χ3n) is 1.44. The molecule has 1 heterocycles. The molecule has 4 nitrogen and oxygen atoms in total. The molecule has 0 aliphatic carbocycles. The van der Waals surface area contributed by atoms with Gasteiger partial charge >= 0.3 is 0 Å². The van der Waals surface area contributed by atoms with E-state index in [1.165, 1.54) is 6.92 Å². The molecule has 1 aromatic rings. The number of pyridine rings is 1. The lowest BCUT2D eigenvalue weighted by atomic mass is 10.3. The number of rotatable bonds is 2. The van der Waals surface area contributed by atoms with Crippen molar-refractivity contribution in [2.75, 3.05) is 0 Å². The molecule has 1 N–H and O–H groups in total. The molecule has 1 rings (SSSR count). The summed E-state index contributed by atoms with van der Waals surface area (Å²) in [6.45, 7) is 1.80. The molecule has 0 fully saturated rings. The van der Waals surface area contributed by atoms with Gasteiger partial charge < -0.3 is 5.32 Å². The highest BCUT2D eigenvalue weighted by atomic mass is 16.1. The standard InChI is InChI=1S/C9H9N3O/c1-7(13)11-6-9-4-2-3-8(5-10)12-9/h2-4H,6H2,1H3,(H,11,13). The first-order chi connectivity index (χ1) is 6.22. The molecule has 0 aliphatic heterocycles. The number of carbonyl (C=O) groups excluding carboxylic acids is 1. The lowest BCUT2D eigenvalue weighted by Gasteiger charge is -2.00. The fourth-order valence-electron chi connectivity index (χ4n) is 0.855. The average molecular weight is 175 g/mol. The predicted octanol–water partition coefficient (Wildman–Crippen LogP) is 0.589. The monoisotopic (exact) mass is 175 g/mol. The van der Waals surface area contributed by atoms with E-state index in [-0.39, 0.29) is 5.91 Å². The maximum atomic E-state index is 10.6. The first-order valence-corrected chi connectivity index (χ1v) is 3.83. The highest BCUT2D eigenvalue weighted by Gasteiger charge is 1.97. The van der Waals surface area contributed by atoms with Gasteiger partial charge in [0, 0.05) is 6.92 Å². The van der Waals surface area contributed by atoms with Crippen LogP contribution in [0.3, 0.4) is 0 Å². The minimum absolute atomic E-state index is 0.107. The third-order valence-corrected chi connectivity index (χ3v) is 1.44. The van der Waals surface area contributed by atoms with Crippen LogP contribution in [-0.2, 0) is 11.3 Å². The summed E-state index contributed by atoms with van der Waals surface area (Å²) in [6.07, 6.45) is 0. The van der Waals surface area contributed by atoms with E-state index in [0.717, 1.165) is 0 Å². The number of aromatic nitrogens is 1. The Hall–Kier alpha value is -1.89. The second kappa shape index (κ2) is 4.21. The summed E-state index contributed by atoms with van der Waals surface area (Å²) >= 11 is 0. The molecule has 0 bridgehead atoms. The van der Waals surface area contributed by atoms with Crippen molar-refractivity contribution in [3.63, 3.8) is 0 Å². The van der Waals surface area contributed by atoms with Crippen LogP contribution in [0.5, 0.6) is 0 Å². The Balaban J connectivity index is 2.68. The van der Waals surface area contributed by atoms with Gasteiger partial charge in [0.15, 0.2) is 0 Å². The first kappa shape index (κ1) is 9.20. The van der Waals surface area contributed by atoms with Crippen LogP contribution in [0.25, 0.3) is 0 Å². The highest BCUT2D eigenvalue weighted by Crippen LogP contribution is 1.97. The minimum atomic E-state index is -0.107. The summed E-state index contributed by atoms with van der Waals surface area (Å²) < 4.78 is 0. The molecule has 0 saturated heterocycles. The predicted molar refractivity (Wildman–Crippen MR) is 46.5 cm³/mol. The second-order valence-electron chi connectivity index (χ2n) is 2.54. The lowest BCUT2D eigenvalue weighted by molar-refractivity contribution is -0.119. The average Bonchev–Trinajstić information content (AvgIpc) is 2.15. The summed E-state index contributed by atoms with van der Waals surface area (Å²) in [7, 11) is 0. The summed E-state index contributed by atoms with van der Waals surface area (Å²) in [6, 6.07) is 7.05. The summed E-state index contributed by atoms with van der Waals surface area (Å²) in [4.78, 5) is 14.6. The quantitative estimate of drug-likeness (QED) is 0.715. The molecule has 0 radical (unpaired) electrons. The molecule has 0 atom stereocenters. The zero-order chi connectivity index (χ0) is 9.68. The van der Waals surface area contributed by atoms with Crippen molar-refractivity contribution < 1.29 is 4.79 Å². The molecule has 0 spiro atoms. The molecule has 1 amide bonds. The first-order valence-electron chi connectivity index (χ1n) is 3.83. The van der Waals surface area contributed by atoms with Gasteiger partial charge in [0.1, 0.15) is 11.8 Å². The summed E-state index contributed by atoms with van der Waals surface area (Å²) in [5, 5.41) is 11.1. The van der Waals surface area contributed by atoms with Crippen LogP contribution >= 0.6 is 0 Å². The van der Waals surface area contributed by atoms with Crippen molar-refractivity contribution in [3.8, 4) is 6.07 Å². The molecule has 0 saturated carbocycles. The van der Waals surface area contributed by atoms with Crippen LogP contribution in [0.1, 0.15) is 18.3 Å². The van der Waals surface area contributed by atoms with Gasteiger partial charge in [0.05, 0.1) is 12.2 Å². The van der Waals surface area contributed by atoms with Crippen molar-refractivity contribution in [2.45, 2.75) is 13.5 Å². The second-order valence-corrected chi connectivity index (χ2v) is 2.54. The van der Waals surface area contributed by atoms with Crippen LogP contribution in [-0.4, -0.2) is 10.9 Å². The van der Waals surface area contributed by atoms with E-state index >= 15 is 0 Å². The molecule has 0 aliphatic rings. The number of nitrogens with zero attached hydrogens (tertiary/aromatic N) is 2. The van der Waals surface area contributed by atoms with Crippen LogP contribution in [0, 0.1) is 11.3 Å². The number of amides is 1. The Morgan fingerprint density at radius 3 is 3.08 bits per heavy atom. The zero-order valence-corrected chi connectivity index (χ0v) is 7.24. The van der Waals surface area contributed by atoms with E-state index in [2.05, 4.69) is 10.3 Å². The zero-order valence-electron chi connectivity index (χ0n) is 7.24. The van der Waals surface area contributed by atoms with Crippen LogP contribution in [0.2, 0.25) is 0 Å². The molecule has 0 unspecified atom stereocenters. The van der Waals surface area contributed by atoms with Crippen molar-refractivity contribution in [2.24, 2.45) is 0 Å². The van der Waals surface area contributed by atoms with Gasteiger partial charge in [0.25, 0.3) is 0 Å². The number of carbonyl (C=O) groups is 1. The SMILES string of the molecule is CC(=O)NCc1cccc(C#N)n1. The van der Waals surface area contributed by atoms with Crippen molar-refractivity contribution in [3.05, 3.63) is 29.6 Å². The van der Waals surface area contributed by atoms with Gasteiger partial charge in [-0.05, 0) is 12.1 Å². The Morgan fingerprint density at radius 2 is 2.46 bits per heavy atom. The van der Waals surface area contributed by atoms with Gasteiger partial charge in [-0.3, -0.25) is 4.79 Å². The fraction of sp³-hybridized carbons (Fsp3) is 0.222. The van der Waals surface area contributed by atoms with E-state index in [4.69, 9.17) is 5.26 Å². The van der Waals surface area contributed by atoms with Gasteiger partial charge in [-0.15, -0.1) is 0 Å². The van der Waals surface area contributed by atoms with E-state index in [1.54, 1.807) is 18.2 Å². The highest BCUT2D eigenvalue weighted by molar-refractivity contribution is 5.72. The molecular weight excluding hydrogens is 166 g/mol. The molecule has 0 aromatic carbocycles.